The van der Waals surface area contributed by atoms with Gasteiger partial charge in [0.25, 0.3) is 0 Å². The highest BCUT2D eigenvalue weighted by Crippen LogP contribution is 2.21. The van der Waals surface area contributed by atoms with E-state index in [9.17, 15) is 4.79 Å². The number of carbonyl (C=O) groups is 1. The van der Waals surface area contributed by atoms with Gasteiger partial charge in [-0.05, 0) is 18.2 Å². The van der Waals surface area contributed by atoms with E-state index in [1.165, 1.54) is 0 Å². The van der Waals surface area contributed by atoms with Gasteiger partial charge >= 0.3 is 0 Å². The zero-order chi connectivity index (χ0) is 13.4. The number of ketones is 1. The average Bonchev–Trinajstić information content (AvgIpc) is 2.84. The summed E-state index contributed by atoms with van der Waals surface area (Å²) in [5.41, 5.74) is 7.90. The Hall–Kier alpha value is -2.69. The van der Waals surface area contributed by atoms with Crippen LogP contribution in [-0.4, -0.2) is 20.5 Å². The normalized spacial score (nSPS) is 10.8. The maximum atomic E-state index is 12.3. The molecule has 3 aromatic rings. The molecular formula is C14H12N4O. The Labute approximate surface area is 109 Å². The van der Waals surface area contributed by atoms with Crippen molar-refractivity contribution in [3.63, 3.8) is 0 Å². The molecule has 0 saturated heterocycles. The first-order valence-corrected chi connectivity index (χ1v) is 5.85. The molecular weight excluding hydrogens is 240 g/mol. The van der Waals surface area contributed by atoms with E-state index in [1.807, 2.05) is 24.3 Å². The SMILES string of the molecule is Cn1ccc(C(=O)c2cc(N)c3ccccc3n2)n1. The van der Waals surface area contributed by atoms with Gasteiger partial charge in [0.05, 0.1) is 5.52 Å². The molecule has 5 heteroatoms. The number of rotatable bonds is 2. The van der Waals surface area contributed by atoms with Crippen molar-refractivity contribution in [2.24, 2.45) is 7.05 Å². The Morgan fingerprint density at radius 1 is 1.21 bits per heavy atom. The summed E-state index contributed by atoms with van der Waals surface area (Å²) in [6, 6.07) is 10.7. The molecule has 0 saturated carbocycles. The summed E-state index contributed by atoms with van der Waals surface area (Å²) in [5, 5.41) is 4.93. The third-order valence-electron chi connectivity index (χ3n) is 2.93. The molecule has 0 spiro atoms. The molecule has 2 aromatic heterocycles. The van der Waals surface area contributed by atoms with Crippen LogP contribution in [0.1, 0.15) is 16.2 Å². The van der Waals surface area contributed by atoms with Gasteiger partial charge in [0.2, 0.25) is 5.78 Å². The fraction of sp³-hybridized carbons (Fsp3) is 0.0714. The van der Waals surface area contributed by atoms with Gasteiger partial charge in [-0.2, -0.15) is 5.10 Å². The summed E-state index contributed by atoms with van der Waals surface area (Å²) < 4.78 is 1.58. The molecule has 0 bridgehead atoms. The van der Waals surface area contributed by atoms with Gasteiger partial charge in [-0.1, -0.05) is 18.2 Å². The molecule has 0 aliphatic rings. The molecule has 94 valence electrons. The molecule has 1 aromatic carbocycles. The number of benzene rings is 1. The van der Waals surface area contributed by atoms with Crippen molar-refractivity contribution in [2.75, 3.05) is 5.73 Å². The minimum absolute atomic E-state index is 0.224. The van der Waals surface area contributed by atoms with Crippen LogP contribution in [-0.2, 0) is 7.05 Å². The van der Waals surface area contributed by atoms with E-state index in [0.29, 0.717) is 22.6 Å². The van der Waals surface area contributed by atoms with Gasteiger partial charge in [0.15, 0.2) is 0 Å². The third kappa shape index (κ3) is 1.95. The number of carbonyl (C=O) groups excluding carboxylic acids is 1. The Morgan fingerprint density at radius 3 is 2.74 bits per heavy atom. The minimum atomic E-state index is -0.224. The molecule has 0 unspecified atom stereocenters. The highest BCUT2D eigenvalue weighted by Gasteiger charge is 2.15. The lowest BCUT2D eigenvalue weighted by Gasteiger charge is -2.04. The molecule has 0 atom stereocenters. The second kappa shape index (κ2) is 4.20. The van der Waals surface area contributed by atoms with Gasteiger partial charge in [0, 0.05) is 24.3 Å². The van der Waals surface area contributed by atoms with E-state index in [2.05, 4.69) is 10.1 Å². The summed E-state index contributed by atoms with van der Waals surface area (Å²) in [4.78, 5) is 16.6. The number of anilines is 1. The van der Waals surface area contributed by atoms with E-state index < -0.39 is 0 Å². The quantitative estimate of drug-likeness (QED) is 0.705. The summed E-state index contributed by atoms with van der Waals surface area (Å²) in [5.74, 6) is -0.224. The fourth-order valence-electron chi connectivity index (χ4n) is 1.99. The van der Waals surface area contributed by atoms with Crippen molar-refractivity contribution in [1.82, 2.24) is 14.8 Å². The van der Waals surface area contributed by atoms with Crippen molar-refractivity contribution in [3.05, 3.63) is 54.0 Å². The van der Waals surface area contributed by atoms with Crippen LogP contribution < -0.4 is 5.73 Å². The number of aromatic nitrogens is 3. The van der Waals surface area contributed by atoms with Crippen molar-refractivity contribution in [2.45, 2.75) is 0 Å². The standard InChI is InChI=1S/C14H12N4O/c1-18-7-6-12(17-18)14(19)13-8-10(15)9-4-2-3-5-11(9)16-13/h2-8H,1H3,(H2,15,16). The van der Waals surface area contributed by atoms with E-state index in [-0.39, 0.29) is 5.78 Å². The first-order valence-electron chi connectivity index (χ1n) is 5.85. The van der Waals surface area contributed by atoms with E-state index in [4.69, 9.17) is 5.73 Å². The summed E-state index contributed by atoms with van der Waals surface area (Å²) in [7, 11) is 1.76. The second-order valence-corrected chi connectivity index (χ2v) is 4.32. The molecule has 5 nitrogen and oxygen atoms in total. The van der Waals surface area contributed by atoms with Gasteiger partial charge in [-0.15, -0.1) is 0 Å². The lowest BCUT2D eigenvalue weighted by molar-refractivity contribution is 0.102. The zero-order valence-electron chi connectivity index (χ0n) is 10.4. The van der Waals surface area contributed by atoms with Gasteiger partial charge < -0.3 is 5.73 Å². The number of hydrogen-bond acceptors (Lipinski definition) is 4. The molecule has 3 rings (SSSR count). The topological polar surface area (TPSA) is 73.8 Å². The predicted octanol–water partition coefficient (Wildman–Crippen LogP) is 1.78. The first kappa shape index (κ1) is 11.4. The summed E-state index contributed by atoms with van der Waals surface area (Å²) >= 11 is 0. The van der Waals surface area contributed by atoms with Crippen molar-refractivity contribution < 1.29 is 4.79 Å². The maximum Gasteiger partial charge on any atom is 0.231 e. The van der Waals surface area contributed by atoms with E-state index in [1.54, 1.807) is 30.1 Å². The van der Waals surface area contributed by atoms with Gasteiger partial charge in [0.1, 0.15) is 11.4 Å². The van der Waals surface area contributed by atoms with Crippen LogP contribution in [0.4, 0.5) is 5.69 Å². The molecule has 19 heavy (non-hydrogen) atoms. The number of aryl methyl sites for hydroxylation is 1. The van der Waals surface area contributed by atoms with Gasteiger partial charge in [-0.3, -0.25) is 9.48 Å². The number of hydrogen-bond donors (Lipinski definition) is 1. The lowest BCUT2D eigenvalue weighted by atomic mass is 10.1. The van der Waals surface area contributed by atoms with Crippen LogP contribution in [0.3, 0.4) is 0 Å². The number of fused-ring (bicyclic) bond motifs is 1. The zero-order valence-corrected chi connectivity index (χ0v) is 10.4. The molecule has 0 radical (unpaired) electrons. The molecule has 0 aliphatic carbocycles. The highest BCUT2D eigenvalue weighted by molar-refractivity contribution is 6.08. The number of para-hydroxylation sites is 1. The van der Waals surface area contributed by atoms with Crippen molar-refractivity contribution >= 4 is 22.4 Å². The fourth-order valence-corrected chi connectivity index (χ4v) is 1.99. The number of nitrogens with two attached hydrogens (primary N) is 1. The number of nitrogen functional groups attached to an aromatic ring is 1. The minimum Gasteiger partial charge on any atom is -0.398 e. The number of pyridine rings is 1. The molecule has 2 heterocycles. The monoisotopic (exact) mass is 252 g/mol. The second-order valence-electron chi connectivity index (χ2n) is 4.32. The van der Waals surface area contributed by atoms with Crippen LogP contribution in [0, 0.1) is 0 Å². The van der Waals surface area contributed by atoms with E-state index in [0.717, 1.165) is 5.39 Å². The first-order chi connectivity index (χ1) is 9.15. The van der Waals surface area contributed by atoms with Crippen LogP contribution in [0.5, 0.6) is 0 Å². The van der Waals surface area contributed by atoms with Crippen LogP contribution in [0.25, 0.3) is 10.9 Å². The molecule has 0 amide bonds. The highest BCUT2D eigenvalue weighted by atomic mass is 16.1. The molecule has 0 aliphatic heterocycles. The average molecular weight is 252 g/mol. The van der Waals surface area contributed by atoms with Crippen molar-refractivity contribution in [3.8, 4) is 0 Å². The lowest BCUT2D eigenvalue weighted by Crippen LogP contribution is -2.07. The van der Waals surface area contributed by atoms with Gasteiger partial charge in [-0.25, -0.2) is 4.98 Å². The smallest absolute Gasteiger partial charge is 0.231 e. The van der Waals surface area contributed by atoms with Crippen molar-refractivity contribution in [1.29, 1.82) is 0 Å². The predicted molar refractivity (Wildman–Crippen MR) is 72.8 cm³/mol. The molecule has 2 N–H and O–H groups in total. The van der Waals surface area contributed by atoms with Crippen LogP contribution in [0.15, 0.2) is 42.6 Å². The molecule has 0 fully saturated rings. The summed E-state index contributed by atoms with van der Waals surface area (Å²) in [6.07, 6.45) is 1.72. The number of nitrogens with zero attached hydrogens (tertiary/aromatic N) is 3. The largest absolute Gasteiger partial charge is 0.398 e. The van der Waals surface area contributed by atoms with Crippen LogP contribution >= 0.6 is 0 Å². The Kier molecular flexibility index (Phi) is 2.52. The van der Waals surface area contributed by atoms with E-state index >= 15 is 0 Å². The third-order valence-corrected chi connectivity index (χ3v) is 2.93. The Bertz CT molecular complexity index is 776. The summed E-state index contributed by atoms with van der Waals surface area (Å²) in [6.45, 7) is 0. The maximum absolute atomic E-state index is 12.3. The Balaban J connectivity index is 2.13. The van der Waals surface area contributed by atoms with Crippen LogP contribution in [0.2, 0.25) is 0 Å². The Morgan fingerprint density at radius 2 is 2.00 bits per heavy atom.